The van der Waals surface area contributed by atoms with Crippen molar-refractivity contribution in [2.75, 3.05) is 32.8 Å². The summed E-state index contributed by atoms with van der Waals surface area (Å²) in [6.45, 7) is 10.7. The Morgan fingerprint density at radius 2 is 1.97 bits per heavy atom. The maximum Gasteiger partial charge on any atom is 0.258 e. The zero-order valence-electron chi connectivity index (χ0n) is 19.2. The summed E-state index contributed by atoms with van der Waals surface area (Å²) < 4.78 is 5.57. The van der Waals surface area contributed by atoms with E-state index in [2.05, 4.69) is 48.4 Å². The molecule has 0 spiro atoms. The number of ether oxygens (including phenoxy) is 1. The van der Waals surface area contributed by atoms with E-state index in [1.54, 1.807) is 0 Å². The van der Waals surface area contributed by atoms with Gasteiger partial charge in [0.1, 0.15) is 5.75 Å². The molecule has 0 radical (unpaired) electrons. The SMILES string of the molecule is CCNC(=NCCc1ccc(OCC(=O)NC2CC2)cc1)N1CCC(CC(C)C)C1.I. The Morgan fingerprint density at radius 3 is 2.61 bits per heavy atom. The number of benzene rings is 1. The van der Waals surface area contributed by atoms with Crippen LogP contribution in [0.4, 0.5) is 0 Å². The largest absolute Gasteiger partial charge is 0.484 e. The molecule has 2 N–H and O–H groups in total. The molecule has 2 fully saturated rings. The second-order valence-electron chi connectivity index (χ2n) is 8.99. The molecule has 1 amide bonds. The number of guanidine groups is 1. The van der Waals surface area contributed by atoms with Gasteiger partial charge in [-0.3, -0.25) is 9.79 Å². The van der Waals surface area contributed by atoms with Crippen molar-refractivity contribution in [1.82, 2.24) is 15.5 Å². The van der Waals surface area contributed by atoms with Gasteiger partial charge in [0.15, 0.2) is 12.6 Å². The van der Waals surface area contributed by atoms with Gasteiger partial charge in [0.25, 0.3) is 5.91 Å². The average Bonchev–Trinajstić information content (AvgIpc) is 3.41. The fourth-order valence-electron chi connectivity index (χ4n) is 4.00. The van der Waals surface area contributed by atoms with Crippen LogP contribution in [0.5, 0.6) is 5.75 Å². The summed E-state index contributed by atoms with van der Waals surface area (Å²) in [5.41, 5.74) is 1.23. The third kappa shape index (κ3) is 9.25. The summed E-state index contributed by atoms with van der Waals surface area (Å²) in [4.78, 5) is 19.0. The van der Waals surface area contributed by atoms with Crippen LogP contribution < -0.4 is 15.4 Å². The molecule has 1 unspecified atom stereocenters. The second-order valence-corrected chi connectivity index (χ2v) is 8.99. The molecule has 1 heterocycles. The molecule has 7 heteroatoms. The summed E-state index contributed by atoms with van der Waals surface area (Å²) in [7, 11) is 0. The van der Waals surface area contributed by atoms with Crippen LogP contribution in [-0.4, -0.2) is 55.6 Å². The standard InChI is InChI=1S/C24H38N4O2.HI/c1-4-25-24(28-14-12-20(16-28)15-18(2)3)26-13-11-19-5-9-22(10-6-19)30-17-23(29)27-21-7-8-21;/h5-6,9-10,18,20-21H,4,7-8,11-17H2,1-3H3,(H,25,26)(H,27,29);1H. The normalized spacial score (nSPS) is 18.6. The van der Waals surface area contributed by atoms with E-state index in [9.17, 15) is 4.79 Å². The Bertz CT molecular complexity index is 704. The topological polar surface area (TPSA) is 66.0 Å². The quantitative estimate of drug-likeness (QED) is 0.268. The molecule has 174 valence electrons. The van der Waals surface area contributed by atoms with Crippen molar-refractivity contribution in [1.29, 1.82) is 0 Å². The lowest BCUT2D eigenvalue weighted by molar-refractivity contribution is -0.123. The highest BCUT2D eigenvalue weighted by atomic mass is 127. The molecule has 0 aromatic heterocycles. The number of nitrogens with zero attached hydrogens (tertiary/aromatic N) is 2. The van der Waals surface area contributed by atoms with Gasteiger partial charge in [0, 0.05) is 32.2 Å². The molecular formula is C24H39IN4O2. The van der Waals surface area contributed by atoms with E-state index in [0.29, 0.717) is 6.04 Å². The Labute approximate surface area is 204 Å². The van der Waals surface area contributed by atoms with Gasteiger partial charge < -0.3 is 20.3 Å². The van der Waals surface area contributed by atoms with Crippen LogP contribution in [0, 0.1) is 11.8 Å². The Kier molecular flexibility index (Phi) is 10.9. The predicted octanol–water partition coefficient (Wildman–Crippen LogP) is 3.84. The number of aliphatic imine (C=N–C) groups is 1. The minimum Gasteiger partial charge on any atom is -0.484 e. The lowest BCUT2D eigenvalue weighted by Gasteiger charge is -2.22. The van der Waals surface area contributed by atoms with E-state index in [1.165, 1.54) is 18.4 Å². The number of amides is 1. The van der Waals surface area contributed by atoms with Gasteiger partial charge in [-0.2, -0.15) is 0 Å². The molecule has 1 aliphatic carbocycles. The fraction of sp³-hybridized carbons (Fsp3) is 0.667. The minimum absolute atomic E-state index is 0. The van der Waals surface area contributed by atoms with Crippen LogP contribution in [0.3, 0.4) is 0 Å². The van der Waals surface area contributed by atoms with Crippen molar-refractivity contribution in [2.45, 2.75) is 58.9 Å². The average molecular weight is 543 g/mol. The molecular weight excluding hydrogens is 503 g/mol. The van der Waals surface area contributed by atoms with Crippen molar-refractivity contribution < 1.29 is 9.53 Å². The number of carbonyl (C=O) groups is 1. The number of nitrogens with one attached hydrogen (secondary N) is 2. The molecule has 1 aromatic rings. The first-order chi connectivity index (χ1) is 14.5. The molecule has 6 nitrogen and oxygen atoms in total. The summed E-state index contributed by atoms with van der Waals surface area (Å²) in [6, 6.07) is 8.37. The van der Waals surface area contributed by atoms with Gasteiger partial charge in [-0.05, 0) is 68.6 Å². The Balaban J connectivity index is 0.00000341. The van der Waals surface area contributed by atoms with Gasteiger partial charge in [-0.15, -0.1) is 24.0 Å². The zero-order valence-corrected chi connectivity index (χ0v) is 21.6. The molecule has 0 bridgehead atoms. The monoisotopic (exact) mass is 542 g/mol. The van der Waals surface area contributed by atoms with E-state index in [0.717, 1.165) is 69.0 Å². The molecule has 1 saturated carbocycles. The van der Waals surface area contributed by atoms with E-state index in [4.69, 9.17) is 9.73 Å². The van der Waals surface area contributed by atoms with Crippen molar-refractivity contribution in [3.63, 3.8) is 0 Å². The Morgan fingerprint density at radius 1 is 1.23 bits per heavy atom. The molecule has 1 saturated heterocycles. The summed E-state index contributed by atoms with van der Waals surface area (Å²) >= 11 is 0. The predicted molar refractivity (Wildman–Crippen MR) is 137 cm³/mol. The van der Waals surface area contributed by atoms with Crippen LogP contribution >= 0.6 is 24.0 Å². The van der Waals surface area contributed by atoms with Crippen LogP contribution in [0.25, 0.3) is 0 Å². The van der Waals surface area contributed by atoms with Gasteiger partial charge in [-0.1, -0.05) is 26.0 Å². The molecule has 2 aliphatic rings. The second kappa shape index (κ2) is 13.1. The van der Waals surface area contributed by atoms with Crippen molar-refractivity contribution in [2.24, 2.45) is 16.8 Å². The number of rotatable bonds is 10. The number of likely N-dealkylation sites (tertiary alicyclic amines) is 1. The molecule has 31 heavy (non-hydrogen) atoms. The maximum atomic E-state index is 11.7. The first-order valence-electron chi connectivity index (χ1n) is 11.6. The highest BCUT2D eigenvalue weighted by molar-refractivity contribution is 14.0. The molecule has 1 aromatic carbocycles. The molecule has 1 atom stereocenters. The molecule has 1 aliphatic heterocycles. The Hall–Kier alpha value is -1.51. The summed E-state index contributed by atoms with van der Waals surface area (Å²) in [6.07, 6.45) is 5.64. The lowest BCUT2D eigenvalue weighted by Crippen LogP contribution is -2.40. The van der Waals surface area contributed by atoms with Crippen LogP contribution in [0.15, 0.2) is 29.3 Å². The van der Waals surface area contributed by atoms with Crippen molar-refractivity contribution >= 4 is 35.8 Å². The van der Waals surface area contributed by atoms with Gasteiger partial charge in [0.2, 0.25) is 0 Å². The van der Waals surface area contributed by atoms with Gasteiger partial charge in [-0.25, -0.2) is 0 Å². The highest BCUT2D eigenvalue weighted by Crippen LogP contribution is 2.23. The third-order valence-electron chi connectivity index (χ3n) is 5.62. The third-order valence-corrected chi connectivity index (χ3v) is 5.62. The first-order valence-corrected chi connectivity index (χ1v) is 11.6. The molecule has 3 rings (SSSR count). The fourth-order valence-corrected chi connectivity index (χ4v) is 4.00. The zero-order chi connectivity index (χ0) is 21.3. The number of hydrogen-bond donors (Lipinski definition) is 2. The first kappa shape index (κ1) is 25.7. The maximum absolute atomic E-state index is 11.7. The number of hydrogen-bond acceptors (Lipinski definition) is 3. The van der Waals surface area contributed by atoms with E-state index >= 15 is 0 Å². The van der Waals surface area contributed by atoms with E-state index in [-0.39, 0.29) is 36.5 Å². The van der Waals surface area contributed by atoms with Crippen LogP contribution in [-0.2, 0) is 11.2 Å². The van der Waals surface area contributed by atoms with Crippen LogP contribution in [0.1, 0.15) is 52.0 Å². The number of carbonyl (C=O) groups excluding carboxylic acids is 1. The van der Waals surface area contributed by atoms with Gasteiger partial charge in [0.05, 0.1) is 0 Å². The smallest absolute Gasteiger partial charge is 0.258 e. The lowest BCUT2D eigenvalue weighted by atomic mass is 9.97. The number of halogens is 1. The minimum atomic E-state index is -0.0376. The van der Waals surface area contributed by atoms with Crippen molar-refractivity contribution in [3.8, 4) is 5.75 Å². The van der Waals surface area contributed by atoms with E-state index < -0.39 is 0 Å². The van der Waals surface area contributed by atoms with Crippen molar-refractivity contribution in [3.05, 3.63) is 29.8 Å². The van der Waals surface area contributed by atoms with E-state index in [1.807, 2.05) is 12.1 Å². The van der Waals surface area contributed by atoms with Gasteiger partial charge >= 0.3 is 0 Å². The summed E-state index contributed by atoms with van der Waals surface area (Å²) in [5, 5.41) is 6.39. The highest BCUT2D eigenvalue weighted by Gasteiger charge is 2.25. The summed E-state index contributed by atoms with van der Waals surface area (Å²) in [5.74, 6) is 3.28. The van der Waals surface area contributed by atoms with Crippen LogP contribution in [0.2, 0.25) is 0 Å².